The van der Waals surface area contributed by atoms with Gasteiger partial charge in [-0.05, 0) is 25.7 Å². The molecule has 1 N–H and O–H groups in total. The second-order valence-corrected chi connectivity index (χ2v) is 6.50. The molecule has 0 aromatic rings. The van der Waals surface area contributed by atoms with Gasteiger partial charge in [-0.3, -0.25) is 19.3 Å². The molecule has 0 aromatic heterocycles. The van der Waals surface area contributed by atoms with Crippen LogP contribution < -0.4 is 5.32 Å². The molecule has 2 fully saturated rings. The van der Waals surface area contributed by atoms with Crippen LogP contribution in [0.1, 0.15) is 45.4 Å². The van der Waals surface area contributed by atoms with E-state index in [2.05, 4.69) is 5.32 Å². The number of carbonyl (C=O) groups excluding carboxylic acids is 3. The number of esters is 1. The molecule has 24 heavy (non-hydrogen) atoms. The molecule has 0 aliphatic carbocycles. The van der Waals surface area contributed by atoms with Gasteiger partial charge in [0.05, 0.1) is 19.6 Å². The van der Waals surface area contributed by atoms with E-state index in [-0.39, 0.29) is 30.7 Å². The van der Waals surface area contributed by atoms with Gasteiger partial charge in [-0.1, -0.05) is 13.3 Å². The van der Waals surface area contributed by atoms with Crippen molar-refractivity contribution in [2.24, 2.45) is 0 Å². The summed E-state index contributed by atoms with van der Waals surface area (Å²) in [5, 5.41) is 2.77. The highest BCUT2D eigenvalue weighted by Crippen LogP contribution is 2.13. The quantitative estimate of drug-likeness (QED) is 0.541. The van der Waals surface area contributed by atoms with Crippen molar-refractivity contribution in [2.45, 2.75) is 51.5 Å². The highest BCUT2D eigenvalue weighted by Gasteiger charge is 2.34. The SMILES string of the molecule is CCCCOC(=O)CC1C(=O)NCCN1CC(=O)N1CCCCC1. The molecule has 0 aromatic carbocycles. The molecular formula is C17H29N3O4. The van der Waals surface area contributed by atoms with Gasteiger partial charge in [0, 0.05) is 26.2 Å². The Morgan fingerprint density at radius 2 is 1.96 bits per heavy atom. The van der Waals surface area contributed by atoms with Crippen LogP contribution in [0.25, 0.3) is 0 Å². The lowest BCUT2D eigenvalue weighted by atomic mass is 10.1. The number of carbonyl (C=O) groups is 3. The summed E-state index contributed by atoms with van der Waals surface area (Å²) < 4.78 is 5.16. The molecule has 2 aliphatic rings. The Bertz CT molecular complexity index is 449. The van der Waals surface area contributed by atoms with Crippen LogP contribution in [0.4, 0.5) is 0 Å². The van der Waals surface area contributed by atoms with E-state index in [4.69, 9.17) is 4.74 Å². The van der Waals surface area contributed by atoms with Crippen LogP contribution in [0.15, 0.2) is 0 Å². The number of nitrogens with one attached hydrogen (secondary N) is 1. The van der Waals surface area contributed by atoms with Gasteiger partial charge < -0.3 is 15.0 Å². The maximum absolute atomic E-state index is 12.5. The van der Waals surface area contributed by atoms with Crippen molar-refractivity contribution in [3.8, 4) is 0 Å². The molecule has 0 radical (unpaired) electrons. The Labute approximate surface area is 143 Å². The second kappa shape index (κ2) is 9.61. The monoisotopic (exact) mass is 339 g/mol. The lowest BCUT2D eigenvalue weighted by Crippen LogP contribution is -2.58. The van der Waals surface area contributed by atoms with Gasteiger partial charge in [-0.15, -0.1) is 0 Å². The van der Waals surface area contributed by atoms with Crippen molar-refractivity contribution in [1.29, 1.82) is 0 Å². The second-order valence-electron chi connectivity index (χ2n) is 6.50. The molecule has 136 valence electrons. The molecule has 2 heterocycles. The Kier molecular flexibility index (Phi) is 7.49. The highest BCUT2D eigenvalue weighted by molar-refractivity contribution is 5.88. The molecule has 7 heteroatoms. The van der Waals surface area contributed by atoms with Crippen molar-refractivity contribution >= 4 is 17.8 Å². The summed E-state index contributed by atoms with van der Waals surface area (Å²) in [4.78, 5) is 40.2. The minimum absolute atomic E-state index is 0.00281. The number of rotatable bonds is 7. The third-order valence-electron chi connectivity index (χ3n) is 4.61. The predicted molar refractivity (Wildman–Crippen MR) is 89.3 cm³/mol. The molecular weight excluding hydrogens is 310 g/mol. The fourth-order valence-corrected chi connectivity index (χ4v) is 3.14. The molecule has 0 bridgehead atoms. The van der Waals surface area contributed by atoms with E-state index in [1.54, 1.807) is 0 Å². The number of hydrogen-bond acceptors (Lipinski definition) is 5. The van der Waals surface area contributed by atoms with Crippen LogP contribution >= 0.6 is 0 Å². The molecule has 2 saturated heterocycles. The Hall–Kier alpha value is -1.63. The number of hydrogen-bond donors (Lipinski definition) is 1. The summed E-state index contributed by atoms with van der Waals surface area (Å²) in [5.41, 5.74) is 0. The van der Waals surface area contributed by atoms with Crippen LogP contribution in [0.3, 0.4) is 0 Å². The molecule has 2 aliphatic heterocycles. The van der Waals surface area contributed by atoms with Crippen LogP contribution in [0, 0.1) is 0 Å². The van der Waals surface area contributed by atoms with Crippen LogP contribution in [-0.2, 0) is 19.1 Å². The Morgan fingerprint density at radius 3 is 2.67 bits per heavy atom. The summed E-state index contributed by atoms with van der Waals surface area (Å²) in [6.45, 7) is 5.28. The molecule has 1 atom stereocenters. The first kappa shape index (κ1) is 18.7. The van der Waals surface area contributed by atoms with E-state index in [1.807, 2.05) is 16.7 Å². The fourth-order valence-electron chi connectivity index (χ4n) is 3.14. The molecule has 1 unspecified atom stereocenters. The topological polar surface area (TPSA) is 79.0 Å². The Balaban J connectivity index is 1.88. The number of amides is 2. The number of likely N-dealkylation sites (tertiary alicyclic amines) is 1. The highest BCUT2D eigenvalue weighted by atomic mass is 16.5. The summed E-state index contributed by atoms with van der Waals surface area (Å²) >= 11 is 0. The van der Waals surface area contributed by atoms with Crippen LogP contribution in [0.2, 0.25) is 0 Å². The van der Waals surface area contributed by atoms with Gasteiger partial charge >= 0.3 is 5.97 Å². The zero-order valence-electron chi connectivity index (χ0n) is 14.6. The lowest BCUT2D eigenvalue weighted by molar-refractivity contribution is -0.150. The van der Waals surface area contributed by atoms with Gasteiger partial charge in [0.15, 0.2) is 0 Å². The van der Waals surface area contributed by atoms with Crippen LogP contribution in [-0.4, -0.2) is 73.0 Å². The lowest BCUT2D eigenvalue weighted by Gasteiger charge is -2.36. The first-order valence-corrected chi connectivity index (χ1v) is 9.07. The predicted octanol–water partition coefficient (Wildman–Crippen LogP) is 0.533. The summed E-state index contributed by atoms with van der Waals surface area (Å²) in [6, 6.07) is -0.610. The van der Waals surface area contributed by atoms with Gasteiger partial charge in [0.1, 0.15) is 6.04 Å². The minimum atomic E-state index is -0.610. The number of piperidine rings is 1. The maximum Gasteiger partial charge on any atom is 0.307 e. The Morgan fingerprint density at radius 1 is 1.21 bits per heavy atom. The van der Waals surface area contributed by atoms with E-state index in [9.17, 15) is 14.4 Å². The largest absolute Gasteiger partial charge is 0.466 e. The van der Waals surface area contributed by atoms with Gasteiger partial charge in [0.25, 0.3) is 0 Å². The molecule has 0 saturated carbocycles. The third-order valence-corrected chi connectivity index (χ3v) is 4.61. The van der Waals surface area contributed by atoms with Crippen LogP contribution in [0.5, 0.6) is 0 Å². The van der Waals surface area contributed by atoms with Crippen molar-refractivity contribution < 1.29 is 19.1 Å². The minimum Gasteiger partial charge on any atom is -0.466 e. The summed E-state index contributed by atoms with van der Waals surface area (Å²) in [5.74, 6) is -0.519. The van der Waals surface area contributed by atoms with Crippen molar-refractivity contribution in [3.05, 3.63) is 0 Å². The first-order chi connectivity index (χ1) is 11.6. The summed E-state index contributed by atoms with van der Waals surface area (Å²) in [7, 11) is 0. The zero-order chi connectivity index (χ0) is 17.4. The van der Waals surface area contributed by atoms with E-state index < -0.39 is 6.04 Å². The van der Waals surface area contributed by atoms with E-state index in [0.717, 1.165) is 38.8 Å². The normalized spacial score (nSPS) is 22.1. The fraction of sp³-hybridized carbons (Fsp3) is 0.824. The van der Waals surface area contributed by atoms with Crippen molar-refractivity contribution in [1.82, 2.24) is 15.1 Å². The average molecular weight is 339 g/mol. The summed E-state index contributed by atoms with van der Waals surface area (Å²) in [6.07, 6.45) is 5.02. The zero-order valence-corrected chi connectivity index (χ0v) is 14.6. The molecule has 2 amide bonds. The molecule has 0 spiro atoms. The third kappa shape index (κ3) is 5.47. The van der Waals surface area contributed by atoms with E-state index in [1.165, 1.54) is 6.42 Å². The standard InChI is InChI=1S/C17H29N3O4/c1-2-3-11-24-16(22)12-14-17(23)18-7-10-20(14)13-15(21)19-8-5-4-6-9-19/h14H,2-13H2,1H3,(H,18,23). The number of unbranched alkanes of at least 4 members (excludes halogenated alkanes) is 1. The smallest absolute Gasteiger partial charge is 0.307 e. The van der Waals surface area contributed by atoms with Gasteiger partial charge in [0.2, 0.25) is 11.8 Å². The molecule has 7 nitrogen and oxygen atoms in total. The molecule has 2 rings (SSSR count). The van der Waals surface area contributed by atoms with Crippen molar-refractivity contribution in [2.75, 3.05) is 39.3 Å². The van der Waals surface area contributed by atoms with E-state index >= 15 is 0 Å². The number of ether oxygens (including phenoxy) is 1. The first-order valence-electron chi connectivity index (χ1n) is 9.07. The maximum atomic E-state index is 12.5. The van der Waals surface area contributed by atoms with Gasteiger partial charge in [-0.2, -0.15) is 0 Å². The van der Waals surface area contributed by atoms with E-state index in [0.29, 0.717) is 19.7 Å². The van der Waals surface area contributed by atoms with Gasteiger partial charge in [-0.25, -0.2) is 0 Å². The number of nitrogens with zero attached hydrogens (tertiary/aromatic N) is 2. The number of piperazine rings is 1. The van der Waals surface area contributed by atoms with Crippen molar-refractivity contribution in [3.63, 3.8) is 0 Å². The average Bonchev–Trinajstić information content (AvgIpc) is 2.59.